The molecule has 0 N–H and O–H groups in total. The Kier molecular flexibility index (Phi) is 4.73. The number of carbonyl (C=O) groups is 1. The molecule has 0 saturated carbocycles. The fourth-order valence-corrected chi connectivity index (χ4v) is 3.59. The van der Waals surface area contributed by atoms with Gasteiger partial charge in [0.15, 0.2) is 0 Å². The Morgan fingerprint density at radius 1 is 1.15 bits per heavy atom. The molecule has 1 fully saturated rings. The number of hydrogen-bond donors (Lipinski definition) is 0. The minimum absolute atomic E-state index is 0.203. The molecule has 1 atom stereocenters. The summed E-state index contributed by atoms with van der Waals surface area (Å²) in [6, 6.07) is 10.3. The summed E-state index contributed by atoms with van der Waals surface area (Å²) < 4.78 is 0. The van der Waals surface area contributed by atoms with Crippen LogP contribution >= 0.6 is 0 Å². The van der Waals surface area contributed by atoms with Gasteiger partial charge in [0.2, 0.25) is 5.91 Å². The molecule has 0 aliphatic carbocycles. The Balaban J connectivity index is 1.34. The Morgan fingerprint density at radius 2 is 1.92 bits per heavy atom. The quantitative estimate of drug-likeness (QED) is 0.830. The average molecular weight is 351 g/mol. The molecular weight excluding hydrogens is 326 g/mol. The predicted molar refractivity (Wildman–Crippen MR) is 103 cm³/mol. The number of amides is 1. The lowest BCUT2D eigenvalue weighted by molar-refractivity contribution is -0.131. The maximum absolute atomic E-state index is 12.5. The van der Waals surface area contributed by atoms with Gasteiger partial charge < -0.3 is 14.7 Å². The SMILES string of the molecule is CC[C@H]1CN2C=NC(N3CCN(C(=O)Cc4ccccc4)CC3)=CC2=N1. The topological polar surface area (TPSA) is 51.5 Å². The van der Waals surface area contributed by atoms with Crippen molar-refractivity contribution in [2.45, 2.75) is 25.8 Å². The fourth-order valence-electron chi connectivity index (χ4n) is 3.59. The summed E-state index contributed by atoms with van der Waals surface area (Å²) in [6.07, 6.45) is 5.51. The fraction of sp³-hybridized carbons (Fsp3) is 0.450. The molecule has 1 saturated heterocycles. The lowest BCUT2D eigenvalue weighted by atomic mass is 10.1. The van der Waals surface area contributed by atoms with Crippen molar-refractivity contribution in [2.75, 3.05) is 32.7 Å². The maximum Gasteiger partial charge on any atom is 0.227 e. The molecule has 0 radical (unpaired) electrons. The Morgan fingerprint density at radius 3 is 2.65 bits per heavy atom. The monoisotopic (exact) mass is 351 g/mol. The van der Waals surface area contributed by atoms with Crippen LogP contribution in [0, 0.1) is 0 Å². The number of piperazine rings is 1. The Hall–Kier alpha value is -2.63. The van der Waals surface area contributed by atoms with Crippen LogP contribution in [0.1, 0.15) is 18.9 Å². The van der Waals surface area contributed by atoms with Crippen molar-refractivity contribution in [3.8, 4) is 0 Å². The van der Waals surface area contributed by atoms with Crippen molar-refractivity contribution >= 4 is 18.1 Å². The van der Waals surface area contributed by atoms with Crippen molar-refractivity contribution in [1.82, 2.24) is 14.7 Å². The van der Waals surface area contributed by atoms with Gasteiger partial charge in [-0.05, 0) is 12.0 Å². The van der Waals surface area contributed by atoms with E-state index in [4.69, 9.17) is 4.99 Å². The highest BCUT2D eigenvalue weighted by molar-refractivity contribution is 6.03. The zero-order valence-electron chi connectivity index (χ0n) is 15.2. The first-order valence-corrected chi connectivity index (χ1v) is 9.40. The van der Waals surface area contributed by atoms with E-state index < -0.39 is 0 Å². The summed E-state index contributed by atoms with van der Waals surface area (Å²) in [5.41, 5.74) is 1.07. The summed E-state index contributed by atoms with van der Waals surface area (Å²) in [5, 5.41) is 0. The van der Waals surface area contributed by atoms with Gasteiger partial charge >= 0.3 is 0 Å². The first kappa shape index (κ1) is 16.8. The van der Waals surface area contributed by atoms with Gasteiger partial charge in [0, 0.05) is 38.8 Å². The van der Waals surface area contributed by atoms with Crippen molar-refractivity contribution in [1.29, 1.82) is 0 Å². The molecule has 6 nitrogen and oxygen atoms in total. The van der Waals surface area contributed by atoms with E-state index in [1.807, 2.05) is 41.6 Å². The second kappa shape index (κ2) is 7.32. The van der Waals surface area contributed by atoms with E-state index in [0.717, 1.165) is 56.4 Å². The summed E-state index contributed by atoms with van der Waals surface area (Å²) in [4.78, 5) is 28.2. The van der Waals surface area contributed by atoms with E-state index in [2.05, 4.69) is 27.8 Å². The highest BCUT2D eigenvalue weighted by Gasteiger charge is 2.27. The normalized spacial score (nSPS) is 22.2. The van der Waals surface area contributed by atoms with Gasteiger partial charge in [0.05, 0.1) is 18.8 Å². The van der Waals surface area contributed by atoms with Crippen LogP contribution in [0.5, 0.6) is 0 Å². The first-order chi connectivity index (χ1) is 12.7. The smallest absolute Gasteiger partial charge is 0.227 e. The number of carbonyl (C=O) groups excluding carboxylic acids is 1. The minimum atomic E-state index is 0.203. The number of benzene rings is 1. The molecular formula is C20H25N5O. The molecule has 4 rings (SSSR count). The van der Waals surface area contributed by atoms with Crippen molar-refractivity contribution in [2.24, 2.45) is 9.98 Å². The highest BCUT2D eigenvalue weighted by Crippen LogP contribution is 2.20. The average Bonchev–Trinajstić information content (AvgIpc) is 3.11. The summed E-state index contributed by atoms with van der Waals surface area (Å²) in [6.45, 7) is 6.21. The predicted octanol–water partition coefficient (Wildman–Crippen LogP) is 1.75. The maximum atomic E-state index is 12.5. The standard InChI is InChI=1S/C20H25N5O/c1-2-17-14-25-15-21-18(13-19(25)22-17)23-8-10-24(11-9-23)20(26)12-16-6-4-3-5-7-16/h3-7,13,15,17H,2,8-12,14H2,1H3/t17-/m0/s1. The zero-order chi connectivity index (χ0) is 17.9. The summed E-state index contributed by atoms with van der Waals surface area (Å²) in [5.74, 6) is 2.19. The Bertz CT molecular complexity index is 747. The lowest BCUT2D eigenvalue weighted by Gasteiger charge is -2.37. The molecule has 136 valence electrons. The van der Waals surface area contributed by atoms with Crippen molar-refractivity contribution in [3.63, 3.8) is 0 Å². The van der Waals surface area contributed by atoms with Gasteiger partial charge in [-0.1, -0.05) is 37.3 Å². The molecule has 6 heteroatoms. The van der Waals surface area contributed by atoms with Crippen LogP contribution in [0.15, 0.2) is 52.2 Å². The number of aliphatic imine (C=N–C) groups is 2. The van der Waals surface area contributed by atoms with Crippen molar-refractivity contribution in [3.05, 3.63) is 47.8 Å². The zero-order valence-corrected chi connectivity index (χ0v) is 15.2. The van der Waals surface area contributed by atoms with Gasteiger partial charge in [-0.25, -0.2) is 4.99 Å². The minimum Gasteiger partial charge on any atom is -0.353 e. The molecule has 1 amide bonds. The number of amidine groups is 1. The largest absolute Gasteiger partial charge is 0.353 e. The molecule has 3 aliphatic rings. The third kappa shape index (κ3) is 3.49. The second-order valence-electron chi connectivity index (χ2n) is 6.98. The van der Waals surface area contributed by atoms with E-state index in [1.54, 1.807) is 0 Å². The molecule has 0 aromatic heterocycles. The highest BCUT2D eigenvalue weighted by atomic mass is 16.2. The third-order valence-electron chi connectivity index (χ3n) is 5.23. The summed E-state index contributed by atoms with van der Waals surface area (Å²) >= 11 is 0. The van der Waals surface area contributed by atoms with E-state index in [0.29, 0.717) is 12.5 Å². The number of hydrogen-bond acceptors (Lipinski definition) is 5. The van der Waals surface area contributed by atoms with E-state index >= 15 is 0 Å². The van der Waals surface area contributed by atoms with E-state index in [1.165, 1.54) is 0 Å². The van der Waals surface area contributed by atoms with Crippen LogP contribution in [-0.4, -0.2) is 71.5 Å². The van der Waals surface area contributed by atoms with Crippen LogP contribution in [-0.2, 0) is 11.2 Å². The van der Waals surface area contributed by atoms with Gasteiger partial charge in [0.1, 0.15) is 11.7 Å². The molecule has 26 heavy (non-hydrogen) atoms. The van der Waals surface area contributed by atoms with Crippen LogP contribution in [0.4, 0.5) is 0 Å². The molecule has 1 aromatic rings. The van der Waals surface area contributed by atoms with Crippen LogP contribution in [0.2, 0.25) is 0 Å². The lowest BCUT2D eigenvalue weighted by Crippen LogP contribution is -2.49. The molecule has 0 bridgehead atoms. The molecule has 3 heterocycles. The number of rotatable bonds is 4. The third-order valence-corrected chi connectivity index (χ3v) is 5.23. The molecule has 0 spiro atoms. The van der Waals surface area contributed by atoms with Gasteiger partial charge in [-0.3, -0.25) is 9.79 Å². The van der Waals surface area contributed by atoms with Crippen molar-refractivity contribution < 1.29 is 4.79 Å². The van der Waals surface area contributed by atoms with Crippen LogP contribution in [0.25, 0.3) is 0 Å². The van der Waals surface area contributed by atoms with Gasteiger partial charge in [-0.15, -0.1) is 0 Å². The molecule has 3 aliphatic heterocycles. The Labute approximate surface area is 154 Å². The van der Waals surface area contributed by atoms with Gasteiger partial charge in [-0.2, -0.15) is 0 Å². The number of nitrogens with zero attached hydrogens (tertiary/aromatic N) is 5. The first-order valence-electron chi connectivity index (χ1n) is 9.40. The van der Waals surface area contributed by atoms with Crippen LogP contribution < -0.4 is 0 Å². The molecule has 1 aromatic carbocycles. The van der Waals surface area contributed by atoms with E-state index in [-0.39, 0.29) is 5.91 Å². The molecule has 0 unspecified atom stereocenters. The van der Waals surface area contributed by atoms with Crippen LogP contribution in [0.3, 0.4) is 0 Å². The van der Waals surface area contributed by atoms with E-state index in [9.17, 15) is 4.79 Å². The number of fused-ring (bicyclic) bond motifs is 1. The summed E-state index contributed by atoms with van der Waals surface area (Å²) in [7, 11) is 0. The second-order valence-corrected chi connectivity index (χ2v) is 6.98. The van der Waals surface area contributed by atoms with Gasteiger partial charge in [0.25, 0.3) is 0 Å².